The summed E-state index contributed by atoms with van der Waals surface area (Å²) in [6.45, 7) is 17.6. The molecule has 426 valence electrons. The summed E-state index contributed by atoms with van der Waals surface area (Å²) in [7, 11) is 5.21. The lowest BCUT2D eigenvalue weighted by Gasteiger charge is -2.49. The lowest BCUT2D eigenvalue weighted by Crippen LogP contribution is -2.61. The molecule has 2 aromatic heterocycles. The first-order valence-electron chi connectivity index (χ1n) is 27.0. The number of aliphatic hydroxyl groups excluding tert-OH is 3. The third-order valence-electron chi connectivity index (χ3n) is 16.6. The molecule has 0 amide bonds. The molecule has 3 aromatic rings. The fourth-order valence-corrected chi connectivity index (χ4v) is 11.7. The van der Waals surface area contributed by atoms with Gasteiger partial charge < -0.3 is 63.8 Å². The minimum Gasteiger partial charge on any atom is -0.459 e. The third-order valence-corrected chi connectivity index (χ3v) is 16.6. The van der Waals surface area contributed by atoms with Crippen LogP contribution in [0.2, 0.25) is 0 Å². The molecule has 1 aromatic carbocycles. The van der Waals surface area contributed by atoms with Crippen LogP contribution in [-0.2, 0) is 46.1 Å². The summed E-state index contributed by atoms with van der Waals surface area (Å²) in [5.74, 6) is -2.88. The molecule has 5 N–H and O–H groups in total. The van der Waals surface area contributed by atoms with Crippen LogP contribution in [0.25, 0.3) is 11.1 Å². The second-order valence-electron chi connectivity index (χ2n) is 23.0. The number of rotatable bonds is 16. The van der Waals surface area contributed by atoms with Gasteiger partial charge in [0.1, 0.15) is 36.7 Å². The van der Waals surface area contributed by atoms with Crippen molar-refractivity contribution in [1.29, 1.82) is 0 Å². The van der Waals surface area contributed by atoms with Gasteiger partial charge in [-0.15, -0.1) is 5.10 Å². The number of aliphatic hydroxyl groups is 5. The number of alkyl halides is 1. The second kappa shape index (κ2) is 25.9. The molecule has 3 aliphatic rings. The number of hydrogen-bond acceptors (Lipinski definition) is 18. The number of cyclic esters (lactones) is 1. The Morgan fingerprint density at radius 3 is 2.32 bits per heavy atom. The van der Waals surface area contributed by atoms with Crippen LogP contribution < -0.4 is 0 Å². The average Bonchev–Trinajstić information content (AvgIpc) is 3.87. The molecule has 6 rings (SSSR count). The minimum atomic E-state index is -1.85. The van der Waals surface area contributed by atoms with E-state index in [1.165, 1.54) is 20.2 Å². The number of aldehydes is 1. The van der Waals surface area contributed by atoms with Gasteiger partial charge in [0.25, 0.3) is 0 Å². The van der Waals surface area contributed by atoms with Crippen molar-refractivity contribution < 1.29 is 67.9 Å². The molecule has 20 heteroatoms. The number of esters is 1. The monoisotopic (exact) mass is 1070 g/mol. The molecule has 76 heavy (non-hydrogen) atoms. The molecule has 0 saturated carbocycles. The highest BCUT2D eigenvalue weighted by Gasteiger charge is 2.53. The summed E-state index contributed by atoms with van der Waals surface area (Å²) in [6, 6.07) is 7.75. The van der Waals surface area contributed by atoms with Crippen LogP contribution in [0, 0.1) is 17.8 Å². The van der Waals surface area contributed by atoms with E-state index in [1.807, 2.05) is 62.0 Å². The summed E-state index contributed by atoms with van der Waals surface area (Å²) < 4.78 is 54.5. The van der Waals surface area contributed by atoms with Crippen molar-refractivity contribution in [3.63, 3.8) is 0 Å². The molecule has 19 atom stereocenters. The molecule has 19 nitrogen and oxygen atoms in total. The van der Waals surface area contributed by atoms with Crippen molar-refractivity contribution in [1.82, 2.24) is 29.8 Å². The second-order valence-corrected chi connectivity index (χ2v) is 23.0. The first kappa shape index (κ1) is 61.3. The van der Waals surface area contributed by atoms with Crippen molar-refractivity contribution in [2.75, 3.05) is 41.0 Å². The number of carbonyl (C=O) groups excluding carboxylic acids is 2. The van der Waals surface area contributed by atoms with Crippen molar-refractivity contribution >= 4 is 12.3 Å². The van der Waals surface area contributed by atoms with Crippen molar-refractivity contribution in [3.8, 4) is 11.1 Å². The van der Waals surface area contributed by atoms with Crippen molar-refractivity contribution in [2.45, 2.75) is 204 Å². The van der Waals surface area contributed by atoms with Crippen molar-refractivity contribution in [3.05, 3.63) is 65.7 Å². The zero-order valence-corrected chi connectivity index (χ0v) is 46.9. The molecule has 0 unspecified atom stereocenters. The number of halogens is 1. The van der Waals surface area contributed by atoms with E-state index in [2.05, 4.69) is 15.3 Å². The number of ether oxygens (including phenoxy) is 6. The fourth-order valence-electron chi connectivity index (χ4n) is 11.7. The topological polar surface area (TPSA) is 241 Å². The Bertz CT molecular complexity index is 2330. The van der Waals surface area contributed by atoms with Crippen LogP contribution >= 0.6 is 0 Å². The maximum Gasteiger partial charge on any atom is 0.311 e. The zero-order valence-electron chi connectivity index (χ0n) is 46.9. The van der Waals surface area contributed by atoms with Gasteiger partial charge in [-0.2, -0.15) is 0 Å². The lowest BCUT2D eigenvalue weighted by molar-refractivity contribution is -0.318. The highest BCUT2D eigenvalue weighted by atomic mass is 19.1. The summed E-state index contributed by atoms with van der Waals surface area (Å²) in [6.07, 6.45) is -2.98. The fraction of sp³-hybridized carbons (Fsp3) is 0.732. The van der Waals surface area contributed by atoms with Gasteiger partial charge in [-0.25, -0.2) is 9.07 Å². The van der Waals surface area contributed by atoms with Crippen LogP contribution in [-0.4, -0.2) is 199 Å². The number of benzene rings is 1. The Labute approximate surface area is 448 Å². The first-order chi connectivity index (χ1) is 35.8. The van der Waals surface area contributed by atoms with E-state index >= 15 is 0 Å². The molecular formula is C56H87FN6O13. The molecular weight excluding hydrogens is 984 g/mol. The van der Waals surface area contributed by atoms with Crippen LogP contribution in [0.3, 0.4) is 0 Å². The highest BCUT2D eigenvalue weighted by Crippen LogP contribution is 2.40. The van der Waals surface area contributed by atoms with Gasteiger partial charge >= 0.3 is 5.97 Å². The lowest BCUT2D eigenvalue weighted by atomic mass is 9.77. The van der Waals surface area contributed by atoms with E-state index in [0.717, 1.165) is 23.0 Å². The molecule has 5 heterocycles. The summed E-state index contributed by atoms with van der Waals surface area (Å²) in [5, 5.41) is 68.5. The van der Waals surface area contributed by atoms with Gasteiger partial charge in [0.05, 0.1) is 53.3 Å². The highest BCUT2D eigenvalue weighted by molar-refractivity contribution is 5.78. The smallest absolute Gasteiger partial charge is 0.311 e. The van der Waals surface area contributed by atoms with Crippen LogP contribution in [0.5, 0.6) is 0 Å². The van der Waals surface area contributed by atoms with Crippen LogP contribution in [0.1, 0.15) is 123 Å². The molecule has 3 fully saturated rings. The molecule has 3 aliphatic heterocycles. The Morgan fingerprint density at radius 1 is 0.974 bits per heavy atom. The molecule has 0 spiro atoms. The number of carbonyl (C=O) groups is 2. The Kier molecular flexibility index (Phi) is 20.9. The maximum absolute atomic E-state index is 14.6. The average molecular weight is 1070 g/mol. The summed E-state index contributed by atoms with van der Waals surface area (Å²) >= 11 is 0. The summed E-state index contributed by atoms with van der Waals surface area (Å²) in [4.78, 5) is 33.8. The standard InChI is InChI=1S/C56H87FN6O13/c1-14-45-56(10,70)49(66)36(6)62(12)29-32(2)24-54(8,69)51(34(4)48(35(5)52(68)74-45)75-46-25-55(9,71-13)50(67)37(7)73-46)76-53-47(65)44(21-33(3)72-53)61(11)20-19-42-30-63(60-59-42)43(26-57)23-38-15-17-40(18-16-38)41-22-39(31-64)27-58-28-41/h15-18,22,27-28,30-37,43-51,53,65-67,69-70H,14,19-21,23-26,29H2,1-13H3/t32-,33-,34+,35-,36-,37+,43+,44+,45-,46+,47-,48+,49-,50+,51-,53+,54-,55-,56-/m1/s1. The predicted molar refractivity (Wildman–Crippen MR) is 281 cm³/mol. The van der Waals surface area contributed by atoms with E-state index in [-0.39, 0.29) is 25.2 Å². The third kappa shape index (κ3) is 14.3. The maximum atomic E-state index is 14.6. The van der Waals surface area contributed by atoms with Gasteiger partial charge in [0.15, 0.2) is 18.9 Å². The number of likely N-dealkylation sites (N-methyl/N-ethyl adjacent to an activating group) is 2. The van der Waals surface area contributed by atoms with Crippen LogP contribution in [0.15, 0.2) is 48.9 Å². The molecule has 0 aliphatic carbocycles. The Hall–Kier alpha value is -3.90. The molecule has 0 bridgehead atoms. The molecule has 3 saturated heterocycles. The van der Waals surface area contributed by atoms with Gasteiger partial charge in [-0.3, -0.25) is 14.6 Å². The number of nitrogens with zero attached hydrogens (tertiary/aromatic N) is 6. The number of pyridine rings is 1. The predicted octanol–water partition coefficient (Wildman–Crippen LogP) is 4.73. The largest absolute Gasteiger partial charge is 0.459 e. The Morgan fingerprint density at radius 2 is 1.67 bits per heavy atom. The number of methoxy groups -OCH3 is 1. The zero-order chi connectivity index (χ0) is 56.0. The van der Waals surface area contributed by atoms with E-state index < -0.39 is 121 Å². The van der Waals surface area contributed by atoms with E-state index in [4.69, 9.17) is 28.4 Å². The van der Waals surface area contributed by atoms with Gasteiger partial charge in [-0.05, 0) is 111 Å². The molecule has 0 radical (unpaired) electrons. The quantitative estimate of drug-likeness (QED) is 0.0962. The number of aromatic nitrogens is 4. The van der Waals surface area contributed by atoms with Crippen molar-refractivity contribution in [2.24, 2.45) is 17.8 Å². The number of hydrogen-bond donors (Lipinski definition) is 5. The minimum absolute atomic E-state index is 0.0822. The normalized spacial score (nSPS) is 38.0. The van der Waals surface area contributed by atoms with E-state index in [1.54, 1.807) is 71.6 Å². The van der Waals surface area contributed by atoms with Crippen LogP contribution in [0.4, 0.5) is 4.39 Å². The van der Waals surface area contributed by atoms with E-state index in [9.17, 15) is 39.5 Å². The summed E-state index contributed by atoms with van der Waals surface area (Å²) in [5.41, 5.74) is -0.901. The Balaban J connectivity index is 1.23. The SMILES string of the molecule is CC[C@H]1OC(=O)[C@H](C)[C@@H](O[C@H]2C[C@@](C)(OC)[C@@H](O)[C@H](C)O2)[C@H](C)[C@@H](O[C@@H]2O[C@H](C)C[C@H](N(C)CCc3cn([C@H](CF)Cc4ccc(-c5cncc(C=O)c5)cc4)nn3)[C@H]2O)[C@](C)(O)C[C@@H](C)CN(C)[C@H](C)[C@@H](O)[C@]1(C)O. The first-order valence-corrected chi connectivity index (χ1v) is 27.0. The van der Waals surface area contributed by atoms with E-state index in [0.29, 0.717) is 43.6 Å². The van der Waals surface area contributed by atoms with Gasteiger partial charge in [0, 0.05) is 80.8 Å². The van der Waals surface area contributed by atoms with Gasteiger partial charge in [0.2, 0.25) is 0 Å². The van der Waals surface area contributed by atoms with Gasteiger partial charge in [-0.1, -0.05) is 50.3 Å².